The summed E-state index contributed by atoms with van der Waals surface area (Å²) in [5.41, 5.74) is 3.98. The Labute approximate surface area is 149 Å². The van der Waals surface area contributed by atoms with Crippen molar-refractivity contribution < 1.29 is 13.9 Å². The molecule has 1 N–H and O–H groups in total. The van der Waals surface area contributed by atoms with Crippen LogP contribution in [0.3, 0.4) is 0 Å². The fourth-order valence-corrected chi connectivity index (χ4v) is 2.85. The summed E-state index contributed by atoms with van der Waals surface area (Å²) in [6.45, 7) is 0. The molecule has 128 valence electrons. The second-order valence-corrected chi connectivity index (χ2v) is 5.78. The molecule has 0 saturated carbocycles. The van der Waals surface area contributed by atoms with Crippen LogP contribution in [0.15, 0.2) is 76.2 Å². The summed E-state index contributed by atoms with van der Waals surface area (Å²) in [4.78, 5) is 12.3. The Bertz CT molecular complexity index is 1130. The van der Waals surface area contributed by atoms with Crippen molar-refractivity contribution in [2.24, 2.45) is 5.10 Å². The highest BCUT2D eigenvalue weighted by molar-refractivity contribution is 6.08. The first-order valence-electron chi connectivity index (χ1n) is 8.13. The number of fused-ring (bicyclic) bond motifs is 3. The van der Waals surface area contributed by atoms with Gasteiger partial charge in [-0.15, -0.1) is 0 Å². The largest absolute Gasteiger partial charge is 0.497 e. The second kappa shape index (κ2) is 6.72. The molecular weight excluding hydrogens is 328 g/mol. The van der Waals surface area contributed by atoms with E-state index in [1.807, 2.05) is 60.7 Å². The predicted octanol–water partition coefficient (Wildman–Crippen LogP) is 4.36. The van der Waals surface area contributed by atoms with Crippen LogP contribution < -0.4 is 10.2 Å². The summed E-state index contributed by atoms with van der Waals surface area (Å²) >= 11 is 0. The number of methoxy groups -OCH3 is 1. The molecule has 0 fully saturated rings. The van der Waals surface area contributed by atoms with Crippen LogP contribution in [0.1, 0.15) is 16.1 Å². The standard InChI is InChI=1S/C21H16N2O3/c1-25-16-7-4-5-14(11-16)13-22-23-21(24)20-12-18-17-8-3-2-6-15(17)9-10-19(18)26-20/h2-13H,1H3,(H,23,24)/b22-13+. The third kappa shape index (κ3) is 3.02. The molecule has 1 aromatic heterocycles. The maximum Gasteiger partial charge on any atom is 0.307 e. The molecule has 5 nitrogen and oxygen atoms in total. The number of nitrogens with one attached hydrogen (secondary N) is 1. The Morgan fingerprint density at radius 3 is 2.81 bits per heavy atom. The molecule has 26 heavy (non-hydrogen) atoms. The molecule has 0 aliphatic carbocycles. The fraction of sp³-hybridized carbons (Fsp3) is 0.0476. The van der Waals surface area contributed by atoms with E-state index in [4.69, 9.17) is 9.15 Å². The van der Waals surface area contributed by atoms with Gasteiger partial charge in [-0.2, -0.15) is 5.10 Å². The molecule has 0 radical (unpaired) electrons. The molecule has 1 heterocycles. The highest BCUT2D eigenvalue weighted by Crippen LogP contribution is 2.28. The van der Waals surface area contributed by atoms with Crippen LogP contribution in [0.2, 0.25) is 0 Å². The predicted molar refractivity (Wildman–Crippen MR) is 102 cm³/mol. The van der Waals surface area contributed by atoms with Gasteiger partial charge in [0.2, 0.25) is 0 Å². The molecule has 0 unspecified atom stereocenters. The number of hydrogen-bond acceptors (Lipinski definition) is 4. The fourth-order valence-electron chi connectivity index (χ4n) is 2.85. The molecule has 0 spiro atoms. The molecule has 0 aliphatic rings. The van der Waals surface area contributed by atoms with Gasteiger partial charge in [0.15, 0.2) is 5.76 Å². The minimum Gasteiger partial charge on any atom is -0.497 e. The number of hydrogen-bond donors (Lipinski definition) is 1. The first-order chi connectivity index (χ1) is 12.7. The van der Waals surface area contributed by atoms with Gasteiger partial charge in [0, 0.05) is 5.39 Å². The van der Waals surface area contributed by atoms with Gasteiger partial charge in [0.05, 0.1) is 13.3 Å². The van der Waals surface area contributed by atoms with E-state index < -0.39 is 5.91 Å². The molecule has 0 bridgehead atoms. The van der Waals surface area contributed by atoms with E-state index in [2.05, 4.69) is 10.5 Å². The number of ether oxygens (including phenoxy) is 1. The first-order valence-corrected chi connectivity index (χ1v) is 8.13. The number of hydrazone groups is 1. The SMILES string of the molecule is COc1cccc(/C=N/NC(=O)c2cc3c(ccc4ccccc43)o2)c1. The quantitative estimate of drug-likeness (QED) is 0.442. The van der Waals surface area contributed by atoms with Gasteiger partial charge in [0.1, 0.15) is 11.3 Å². The van der Waals surface area contributed by atoms with Gasteiger partial charge < -0.3 is 9.15 Å². The lowest BCUT2D eigenvalue weighted by atomic mass is 10.1. The lowest BCUT2D eigenvalue weighted by molar-refractivity contribution is 0.0929. The van der Waals surface area contributed by atoms with Crippen molar-refractivity contribution in [2.45, 2.75) is 0 Å². The van der Waals surface area contributed by atoms with Crippen molar-refractivity contribution in [1.29, 1.82) is 0 Å². The van der Waals surface area contributed by atoms with Crippen molar-refractivity contribution in [2.75, 3.05) is 7.11 Å². The highest BCUT2D eigenvalue weighted by Gasteiger charge is 2.13. The summed E-state index contributed by atoms with van der Waals surface area (Å²) in [7, 11) is 1.60. The van der Waals surface area contributed by atoms with E-state index in [-0.39, 0.29) is 5.76 Å². The number of amides is 1. The van der Waals surface area contributed by atoms with Crippen molar-refractivity contribution in [1.82, 2.24) is 5.43 Å². The van der Waals surface area contributed by atoms with Gasteiger partial charge in [-0.3, -0.25) is 4.79 Å². The van der Waals surface area contributed by atoms with E-state index in [9.17, 15) is 4.79 Å². The Balaban J connectivity index is 1.56. The van der Waals surface area contributed by atoms with E-state index in [0.717, 1.165) is 27.5 Å². The second-order valence-electron chi connectivity index (χ2n) is 5.78. The lowest BCUT2D eigenvalue weighted by Crippen LogP contribution is -2.16. The monoisotopic (exact) mass is 344 g/mol. The molecule has 0 aliphatic heterocycles. The third-order valence-electron chi connectivity index (χ3n) is 4.12. The van der Waals surface area contributed by atoms with Crippen molar-refractivity contribution in [3.8, 4) is 5.75 Å². The van der Waals surface area contributed by atoms with Crippen LogP contribution in [0, 0.1) is 0 Å². The minimum absolute atomic E-state index is 0.221. The van der Waals surface area contributed by atoms with Gasteiger partial charge in [-0.25, -0.2) is 5.43 Å². The summed E-state index contributed by atoms with van der Waals surface area (Å²) in [6, 6.07) is 21.0. The number of benzene rings is 3. The zero-order valence-electron chi connectivity index (χ0n) is 14.1. The third-order valence-corrected chi connectivity index (χ3v) is 4.12. The van der Waals surface area contributed by atoms with Crippen molar-refractivity contribution >= 4 is 33.9 Å². The lowest BCUT2D eigenvalue weighted by Gasteiger charge is -1.99. The molecule has 4 aromatic rings. The maximum atomic E-state index is 12.3. The Morgan fingerprint density at radius 1 is 1.04 bits per heavy atom. The summed E-state index contributed by atoms with van der Waals surface area (Å²) in [5.74, 6) is 0.549. The van der Waals surface area contributed by atoms with Gasteiger partial charge in [0.25, 0.3) is 0 Å². The van der Waals surface area contributed by atoms with Gasteiger partial charge in [-0.05, 0) is 40.6 Å². The molecule has 3 aromatic carbocycles. The normalized spacial score (nSPS) is 11.3. The Kier molecular flexibility index (Phi) is 4.11. The average molecular weight is 344 g/mol. The number of carbonyl (C=O) groups excluding carboxylic acids is 1. The van der Waals surface area contributed by atoms with Crippen LogP contribution in [0.5, 0.6) is 5.75 Å². The van der Waals surface area contributed by atoms with Gasteiger partial charge >= 0.3 is 5.91 Å². The number of nitrogens with zero attached hydrogens (tertiary/aromatic N) is 1. The van der Waals surface area contributed by atoms with E-state index in [1.54, 1.807) is 19.4 Å². The summed E-state index contributed by atoms with van der Waals surface area (Å²) in [6.07, 6.45) is 1.55. The minimum atomic E-state index is -0.399. The van der Waals surface area contributed by atoms with Crippen LogP contribution in [-0.2, 0) is 0 Å². The Morgan fingerprint density at radius 2 is 1.92 bits per heavy atom. The molecule has 0 saturated heterocycles. The molecular formula is C21H16N2O3. The Hall–Kier alpha value is -3.60. The average Bonchev–Trinajstić information content (AvgIpc) is 3.13. The maximum absolute atomic E-state index is 12.3. The first kappa shape index (κ1) is 15.9. The zero-order chi connectivity index (χ0) is 17.9. The van der Waals surface area contributed by atoms with Crippen LogP contribution >= 0.6 is 0 Å². The van der Waals surface area contributed by atoms with Crippen LogP contribution in [0.25, 0.3) is 21.7 Å². The zero-order valence-corrected chi connectivity index (χ0v) is 14.1. The summed E-state index contributed by atoms with van der Waals surface area (Å²) < 4.78 is 10.8. The number of carbonyl (C=O) groups is 1. The molecule has 1 amide bonds. The molecule has 0 atom stereocenters. The van der Waals surface area contributed by atoms with Crippen molar-refractivity contribution in [3.05, 3.63) is 78.1 Å². The van der Waals surface area contributed by atoms with Crippen LogP contribution in [0.4, 0.5) is 0 Å². The van der Waals surface area contributed by atoms with E-state index in [1.165, 1.54) is 0 Å². The summed E-state index contributed by atoms with van der Waals surface area (Å²) in [5, 5.41) is 7.04. The van der Waals surface area contributed by atoms with E-state index in [0.29, 0.717) is 5.58 Å². The number of furan rings is 1. The molecule has 5 heteroatoms. The smallest absolute Gasteiger partial charge is 0.307 e. The van der Waals surface area contributed by atoms with Crippen LogP contribution in [-0.4, -0.2) is 19.2 Å². The van der Waals surface area contributed by atoms with Crippen molar-refractivity contribution in [3.63, 3.8) is 0 Å². The number of rotatable bonds is 4. The highest BCUT2D eigenvalue weighted by atomic mass is 16.5. The molecule has 4 rings (SSSR count). The topological polar surface area (TPSA) is 63.8 Å². The van der Waals surface area contributed by atoms with E-state index >= 15 is 0 Å². The van der Waals surface area contributed by atoms with Gasteiger partial charge in [-0.1, -0.05) is 42.5 Å².